The Labute approximate surface area is 107 Å². The largest absolute Gasteiger partial charge is 0.401 e. The number of aliphatic hydroxyl groups is 1. The smallest absolute Gasteiger partial charge is 0.396 e. The minimum absolute atomic E-state index is 0.0145. The molecule has 0 aromatic carbocycles. The van der Waals surface area contributed by atoms with Gasteiger partial charge in [-0.3, -0.25) is 4.90 Å². The van der Waals surface area contributed by atoms with E-state index >= 15 is 0 Å². The van der Waals surface area contributed by atoms with Crippen molar-refractivity contribution in [3.8, 4) is 0 Å². The Kier molecular flexibility index (Phi) is 8.56. The fourth-order valence-corrected chi connectivity index (χ4v) is 1.73. The molecule has 2 N–H and O–H groups in total. The first-order chi connectivity index (χ1) is 8.30. The molecule has 0 fully saturated rings. The van der Waals surface area contributed by atoms with Crippen molar-refractivity contribution in [3.05, 3.63) is 0 Å². The Morgan fingerprint density at radius 2 is 1.89 bits per heavy atom. The second kappa shape index (κ2) is 8.72. The van der Waals surface area contributed by atoms with Gasteiger partial charge in [0.05, 0.1) is 6.54 Å². The molecule has 0 radical (unpaired) electrons. The highest BCUT2D eigenvalue weighted by molar-refractivity contribution is 4.76. The van der Waals surface area contributed by atoms with Gasteiger partial charge in [-0.15, -0.1) is 0 Å². The molecule has 0 spiro atoms. The molecule has 0 saturated carbocycles. The van der Waals surface area contributed by atoms with Crippen molar-refractivity contribution in [2.24, 2.45) is 0 Å². The van der Waals surface area contributed by atoms with Crippen LogP contribution in [0.5, 0.6) is 0 Å². The first-order valence-corrected chi connectivity index (χ1v) is 6.45. The first kappa shape index (κ1) is 17.7. The Balaban J connectivity index is 4.40. The Bertz CT molecular complexity index is 210. The zero-order chi connectivity index (χ0) is 14.2. The monoisotopic (exact) mass is 270 g/mol. The molecule has 0 aliphatic carbocycles. The summed E-state index contributed by atoms with van der Waals surface area (Å²) in [5, 5.41) is 12.1. The first-order valence-electron chi connectivity index (χ1n) is 6.45. The van der Waals surface area contributed by atoms with Crippen LogP contribution in [0.1, 0.15) is 33.6 Å². The van der Waals surface area contributed by atoms with Crippen molar-refractivity contribution < 1.29 is 18.3 Å². The van der Waals surface area contributed by atoms with Crippen LogP contribution in [0.2, 0.25) is 0 Å². The van der Waals surface area contributed by atoms with Gasteiger partial charge in [-0.1, -0.05) is 6.92 Å². The molecule has 18 heavy (non-hydrogen) atoms. The number of nitrogens with zero attached hydrogens (tertiary/aromatic N) is 1. The van der Waals surface area contributed by atoms with Gasteiger partial charge < -0.3 is 10.4 Å². The minimum Gasteiger partial charge on any atom is -0.396 e. The van der Waals surface area contributed by atoms with E-state index in [-0.39, 0.29) is 18.7 Å². The summed E-state index contributed by atoms with van der Waals surface area (Å²) in [5.41, 5.74) is 0. The molecule has 0 saturated heterocycles. The van der Waals surface area contributed by atoms with E-state index < -0.39 is 12.7 Å². The molecule has 0 aliphatic heterocycles. The van der Waals surface area contributed by atoms with E-state index in [0.29, 0.717) is 13.0 Å². The van der Waals surface area contributed by atoms with Gasteiger partial charge in [0.25, 0.3) is 0 Å². The van der Waals surface area contributed by atoms with Crippen molar-refractivity contribution in [1.29, 1.82) is 0 Å². The lowest BCUT2D eigenvalue weighted by molar-refractivity contribution is -0.150. The quantitative estimate of drug-likeness (QED) is 0.673. The molecule has 0 amide bonds. The summed E-state index contributed by atoms with van der Waals surface area (Å²) < 4.78 is 37.3. The molecule has 0 rings (SSSR count). The van der Waals surface area contributed by atoms with Crippen LogP contribution < -0.4 is 5.32 Å². The second-order valence-electron chi connectivity index (χ2n) is 4.80. The van der Waals surface area contributed by atoms with Gasteiger partial charge in [-0.05, 0) is 33.2 Å². The van der Waals surface area contributed by atoms with E-state index in [4.69, 9.17) is 5.11 Å². The maximum absolute atomic E-state index is 12.4. The van der Waals surface area contributed by atoms with Crippen LogP contribution in [-0.2, 0) is 0 Å². The molecule has 1 unspecified atom stereocenters. The molecule has 0 bridgehead atoms. The summed E-state index contributed by atoms with van der Waals surface area (Å²) in [4.78, 5) is 1.39. The van der Waals surface area contributed by atoms with Crippen LogP contribution in [0.3, 0.4) is 0 Å². The number of alkyl halides is 3. The molecular weight excluding hydrogens is 245 g/mol. The van der Waals surface area contributed by atoms with Gasteiger partial charge >= 0.3 is 6.18 Å². The topological polar surface area (TPSA) is 35.5 Å². The molecule has 0 aromatic heterocycles. The van der Waals surface area contributed by atoms with E-state index in [9.17, 15) is 13.2 Å². The third-order valence-corrected chi connectivity index (χ3v) is 2.73. The van der Waals surface area contributed by atoms with Crippen LogP contribution in [0, 0.1) is 0 Å². The highest BCUT2D eigenvalue weighted by Gasteiger charge is 2.32. The molecule has 110 valence electrons. The van der Waals surface area contributed by atoms with Gasteiger partial charge in [0.1, 0.15) is 0 Å². The van der Waals surface area contributed by atoms with Crippen molar-refractivity contribution >= 4 is 0 Å². The SMILES string of the molecule is CCCNC(CCO)CN(CC(F)(F)F)C(C)C. The van der Waals surface area contributed by atoms with Crippen molar-refractivity contribution in [3.63, 3.8) is 0 Å². The Hall–Kier alpha value is -0.330. The van der Waals surface area contributed by atoms with E-state index in [0.717, 1.165) is 13.0 Å². The van der Waals surface area contributed by atoms with Gasteiger partial charge in [-0.25, -0.2) is 0 Å². The predicted molar refractivity (Wildman–Crippen MR) is 66.5 cm³/mol. The molecule has 1 atom stereocenters. The third-order valence-electron chi connectivity index (χ3n) is 2.73. The number of aliphatic hydroxyl groups excluding tert-OH is 1. The third kappa shape index (κ3) is 8.72. The van der Waals surface area contributed by atoms with Crippen LogP contribution in [0.15, 0.2) is 0 Å². The lowest BCUT2D eigenvalue weighted by Crippen LogP contribution is -2.47. The molecule has 0 heterocycles. The Morgan fingerprint density at radius 1 is 1.28 bits per heavy atom. The molecule has 0 aliphatic rings. The summed E-state index contributed by atoms with van der Waals surface area (Å²) >= 11 is 0. The summed E-state index contributed by atoms with van der Waals surface area (Å²) in [7, 11) is 0. The average molecular weight is 270 g/mol. The van der Waals surface area contributed by atoms with Crippen molar-refractivity contribution in [1.82, 2.24) is 10.2 Å². The highest BCUT2D eigenvalue weighted by atomic mass is 19.4. The van der Waals surface area contributed by atoms with Gasteiger partial charge in [0, 0.05) is 25.2 Å². The van der Waals surface area contributed by atoms with Crippen molar-refractivity contribution in [2.45, 2.75) is 51.9 Å². The number of halogens is 3. The van der Waals surface area contributed by atoms with E-state index in [1.54, 1.807) is 13.8 Å². The number of rotatable bonds is 9. The summed E-state index contributed by atoms with van der Waals surface area (Å²) in [6, 6.07) is -0.268. The zero-order valence-electron chi connectivity index (χ0n) is 11.4. The average Bonchev–Trinajstić information content (AvgIpc) is 2.23. The predicted octanol–water partition coefficient (Wildman–Crippen LogP) is 2.01. The summed E-state index contributed by atoms with van der Waals surface area (Å²) in [6.45, 7) is 5.64. The number of hydrogen-bond donors (Lipinski definition) is 2. The normalized spacial score (nSPS) is 14.5. The summed E-state index contributed by atoms with van der Waals surface area (Å²) in [6.07, 6.45) is -2.79. The fourth-order valence-electron chi connectivity index (χ4n) is 1.73. The molecule has 3 nitrogen and oxygen atoms in total. The number of hydrogen-bond acceptors (Lipinski definition) is 3. The van der Waals surface area contributed by atoms with E-state index in [1.807, 2.05) is 6.92 Å². The lowest BCUT2D eigenvalue weighted by Gasteiger charge is -2.31. The molecule has 6 heteroatoms. The highest BCUT2D eigenvalue weighted by Crippen LogP contribution is 2.18. The second-order valence-corrected chi connectivity index (χ2v) is 4.80. The van der Waals surface area contributed by atoms with Gasteiger partial charge in [0.15, 0.2) is 0 Å². The van der Waals surface area contributed by atoms with Crippen LogP contribution in [-0.4, -0.2) is 54.5 Å². The van der Waals surface area contributed by atoms with Crippen LogP contribution >= 0.6 is 0 Å². The van der Waals surface area contributed by atoms with Gasteiger partial charge in [0.2, 0.25) is 0 Å². The van der Waals surface area contributed by atoms with Crippen molar-refractivity contribution in [2.75, 3.05) is 26.2 Å². The van der Waals surface area contributed by atoms with Crippen LogP contribution in [0.25, 0.3) is 0 Å². The van der Waals surface area contributed by atoms with Gasteiger partial charge in [-0.2, -0.15) is 13.2 Å². The van der Waals surface area contributed by atoms with E-state index in [2.05, 4.69) is 5.32 Å². The van der Waals surface area contributed by atoms with E-state index in [1.165, 1.54) is 4.90 Å². The zero-order valence-corrected chi connectivity index (χ0v) is 11.4. The standard InChI is InChI=1S/C12H25F3N2O/c1-4-6-16-11(5-7-18)8-17(10(2)3)9-12(13,14)15/h10-11,16,18H,4-9H2,1-3H3. The van der Waals surface area contributed by atoms with Crippen LogP contribution in [0.4, 0.5) is 13.2 Å². The lowest BCUT2D eigenvalue weighted by atomic mass is 10.1. The molecule has 0 aromatic rings. The maximum atomic E-state index is 12.4. The number of nitrogens with one attached hydrogen (secondary N) is 1. The maximum Gasteiger partial charge on any atom is 0.401 e. The molecular formula is C12H25F3N2O. The minimum atomic E-state index is -4.18. The summed E-state index contributed by atoms with van der Waals surface area (Å²) in [5.74, 6) is 0. The fraction of sp³-hybridized carbons (Fsp3) is 1.00. The Morgan fingerprint density at radius 3 is 2.28 bits per heavy atom.